The zero-order chi connectivity index (χ0) is 20.1. The lowest BCUT2D eigenvalue weighted by molar-refractivity contribution is 0.0624. The quantitative estimate of drug-likeness (QED) is 0.568. The highest BCUT2D eigenvalue weighted by Crippen LogP contribution is 2.16. The van der Waals surface area contributed by atoms with E-state index < -0.39 is 0 Å². The predicted molar refractivity (Wildman–Crippen MR) is 110 cm³/mol. The molecule has 29 heavy (non-hydrogen) atoms. The molecule has 0 saturated carbocycles. The van der Waals surface area contributed by atoms with Gasteiger partial charge < -0.3 is 14.2 Å². The maximum Gasteiger partial charge on any atom is 0.255 e. The third-order valence-electron chi connectivity index (χ3n) is 5.24. The van der Waals surface area contributed by atoms with Crippen LogP contribution < -0.4 is 0 Å². The van der Waals surface area contributed by atoms with Crippen molar-refractivity contribution in [1.82, 2.24) is 29.3 Å². The van der Waals surface area contributed by atoms with Crippen molar-refractivity contribution in [3.8, 4) is 0 Å². The van der Waals surface area contributed by atoms with Crippen LogP contribution in [-0.2, 0) is 11.3 Å². The minimum Gasteiger partial charge on any atom is -0.385 e. The Bertz CT molecular complexity index is 950. The van der Waals surface area contributed by atoms with Crippen LogP contribution in [0.1, 0.15) is 22.5 Å². The molecule has 0 aromatic carbocycles. The summed E-state index contributed by atoms with van der Waals surface area (Å²) in [6.45, 7) is 5.64. The van der Waals surface area contributed by atoms with Gasteiger partial charge in [0.2, 0.25) is 0 Å². The summed E-state index contributed by atoms with van der Waals surface area (Å²) in [6.07, 6.45) is 6.20. The number of ether oxygens (including phenoxy) is 1. The number of carbonyl (C=O) groups excluding carboxylic acids is 1. The third-order valence-corrected chi connectivity index (χ3v) is 5.24. The average Bonchev–Trinajstić information content (AvgIpc) is 3.16. The molecule has 8 heteroatoms. The number of imidazole rings is 1. The second-order valence-corrected chi connectivity index (χ2v) is 7.24. The summed E-state index contributed by atoms with van der Waals surface area (Å²) in [5.74, 6) is 0.0233. The number of pyridine rings is 2. The van der Waals surface area contributed by atoms with Crippen LogP contribution >= 0.6 is 0 Å². The summed E-state index contributed by atoms with van der Waals surface area (Å²) in [5.41, 5.74) is 3.02. The molecule has 152 valence electrons. The number of amides is 1. The molecular formula is C21H26N6O2. The third kappa shape index (κ3) is 4.60. The molecule has 0 atom stereocenters. The SMILES string of the molecule is COCCCN1CCN(C(=O)c2cnc3c(c2)ncn3Cc2ccccn2)CC1. The Balaban J connectivity index is 1.40. The van der Waals surface area contributed by atoms with Crippen LogP contribution in [0, 0.1) is 0 Å². The summed E-state index contributed by atoms with van der Waals surface area (Å²) >= 11 is 0. The second kappa shape index (κ2) is 9.11. The van der Waals surface area contributed by atoms with E-state index in [0.717, 1.165) is 62.6 Å². The molecule has 3 aromatic heterocycles. The van der Waals surface area contributed by atoms with Crippen molar-refractivity contribution in [3.63, 3.8) is 0 Å². The molecule has 0 spiro atoms. The lowest BCUT2D eigenvalue weighted by Crippen LogP contribution is -2.49. The van der Waals surface area contributed by atoms with Crippen molar-refractivity contribution in [3.05, 3.63) is 54.2 Å². The minimum atomic E-state index is 0.0233. The van der Waals surface area contributed by atoms with Gasteiger partial charge in [-0.3, -0.25) is 14.7 Å². The van der Waals surface area contributed by atoms with Gasteiger partial charge in [-0.15, -0.1) is 0 Å². The Kier molecular flexibility index (Phi) is 6.12. The number of rotatable bonds is 7. The van der Waals surface area contributed by atoms with E-state index in [1.165, 1.54) is 0 Å². The van der Waals surface area contributed by atoms with Crippen LogP contribution in [0.25, 0.3) is 11.2 Å². The second-order valence-electron chi connectivity index (χ2n) is 7.24. The minimum absolute atomic E-state index is 0.0233. The summed E-state index contributed by atoms with van der Waals surface area (Å²) in [7, 11) is 1.73. The number of hydrogen-bond acceptors (Lipinski definition) is 6. The molecule has 1 saturated heterocycles. The first-order valence-corrected chi connectivity index (χ1v) is 9.96. The van der Waals surface area contributed by atoms with Gasteiger partial charge in [0.05, 0.1) is 24.1 Å². The van der Waals surface area contributed by atoms with Crippen LogP contribution in [0.5, 0.6) is 0 Å². The van der Waals surface area contributed by atoms with Gasteiger partial charge in [-0.1, -0.05) is 6.07 Å². The van der Waals surface area contributed by atoms with Crippen LogP contribution in [0.3, 0.4) is 0 Å². The van der Waals surface area contributed by atoms with Gasteiger partial charge in [-0.05, 0) is 24.6 Å². The lowest BCUT2D eigenvalue weighted by Gasteiger charge is -2.34. The molecule has 0 radical (unpaired) electrons. The Morgan fingerprint density at radius 3 is 2.76 bits per heavy atom. The molecule has 0 N–H and O–H groups in total. The van der Waals surface area contributed by atoms with E-state index >= 15 is 0 Å². The van der Waals surface area contributed by atoms with Crippen LogP contribution in [0.2, 0.25) is 0 Å². The Morgan fingerprint density at radius 2 is 2.00 bits per heavy atom. The number of fused-ring (bicyclic) bond motifs is 1. The first-order chi connectivity index (χ1) is 14.2. The highest BCUT2D eigenvalue weighted by Gasteiger charge is 2.22. The van der Waals surface area contributed by atoms with E-state index in [2.05, 4.69) is 19.9 Å². The molecule has 1 aliphatic rings. The van der Waals surface area contributed by atoms with Crippen molar-refractivity contribution in [2.24, 2.45) is 0 Å². The number of methoxy groups -OCH3 is 1. The van der Waals surface area contributed by atoms with Crippen molar-refractivity contribution < 1.29 is 9.53 Å². The van der Waals surface area contributed by atoms with Crippen LogP contribution in [0.4, 0.5) is 0 Å². The zero-order valence-electron chi connectivity index (χ0n) is 16.7. The van der Waals surface area contributed by atoms with E-state index in [-0.39, 0.29) is 5.91 Å². The molecule has 8 nitrogen and oxygen atoms in total. The monoisotopic (exact) mass is 394 g/mol. The average molecular weight is 394 g/mol. The van der Waals surface area contributed by atoms with Gasteiger partial charge >= 0.3 is 0 Å². The zero-order valence-corrected chi connectivity index (χ0v) is 16.7. The molecule has 1 fully saturated rings. The smallest absolute Gasteiger partial charge is 0.255 e. The fourth-order valence-electron chi connectivity index (χ4n) is 3.64. The number of piperazine rings is 1. The highest BCUT2D eigenvalue weighted by atomic mass is 16.5. The van der Waals surface area contributed by atoms with Gasteiger partial charge in [0.25, 0.3) is 5.91 Å². The first-order valence-electron chi connectivity index (χ1n) is 9.96. The Labute approximate surface area is 170 Å². The molecule has 0 unspecified atom stereocenters. The van der Waals surface area contributed by atoms with Gasteiger partial charge in [-0.25, -0.2) is 9.97 Å². The summed E-state index contributed by atoms with van der Waals surface area (Å²) in [5, 5.41) is 0. The van der Waals surface area contributed by atoms with Crippen molar-refractivity contribution in [2.45, 2.75) is 13.0 Å². The largest absolute Gasteiger partial charge is 0.385 e. The van der Waals surface area contributed by atoms with E-state index in [4.69, 9.17) is 4.74 Å². The van der Waals surface area contributed by atoms with E-state index in [0.29, 0.717) is 12.1 Å². The summed E-state index contributed by atoms with van der Waals surface area (Å²) in [6, 6.07) is 7.66. The van der Waals surface area contributed by atoms with Crippen molar-refractivity contribution in [1.29, 1.82) is 0 Å². The Hall–Kier alpha value is -2.84. The van der Waals surface area contributed by atoms with Gasteiger partial charge in [0.15, 0.2) is 5.65 Å². The number of nitrogens with zero attached hydrogens (tertiary/aromatic N) is 6. The van der Waals surface area contributed by atoms with Crippen molar-refractivity contribution >= 4 is 17.1 Å². The van der Waals surface area contributed by atoms with E-state index in [9.17, 15) is 4.79 Å². The molecule has 0 aliphatic carbocycles. The normalized spacial score (nSPS) is 15.1. The number of carbonyl (C=O) groups is 1. The van der Waals surface area contributed by atoms with Gasteiger partial charge in [0.1, 0.15) is 5.52 Å². The molecule has 1 amide bonds. The fourth-order valence-corrected chi connectivity index (χ4v) is 3.64. The van der Waals surface area contributed by atoms with Gasteiger partial charge in [0, 0.05) is 58.8 Å². The van der Waals surface area contributed by atoms with Crippen LogP contribution in [0.15, 0.2) is 43.0 Å². The number of aromatic nitrogens is 4. The summed E-state index contributed by atoms with van der Waals surface area (Å²) < 4.78 is 7.06. The summed E-state index contributed by atoms with van der Waals surface area (Å²) in [4.78, 5) is 30.5. The topological polar surface area (TPSA) is 76.4 Å². The molecule has 0 bridgehead atoms. The fraction of sp³-hybridized carbons (Fsp3) is 0.429. The number of hydrogen-bond donors (Lipinski definition) is 0. The maximum absolute atomic E-state index is 12.9. The lowest BCUT2D eigenvalue weighted by atomic mass is 10.2. The standard InChI is InChI=1S/C21H26N6O2/c1-29-12-4-7-25-8-10-26(11-9-25)21(28)17-13-19-20(23-14-17)27(16-24-19)15-18-5-2-3-6-22-18/h2-3,5-6,13-14,16H,4,7-12,15H2,1H3. The highest BCUT2D eigenvalue weighted by molar-refractivity contribution is 5.96. The molecule has 4 rings (SSSR count). The molecular weight excluding hydrogens is 368 g/mol. The molecule has 1 aliphatic heterocycles. The first kappa shape index (κ1) is 19.5. The van der Waals surface area contributed by atoms with E-state index in [1.54, 1.807) is 25.8 Å². The molecule has 4 heterocycles. The van der Waals surface area contributed by atoms with E-state index in [1.807, 2.05) is 33.7 Å². The van der Waals surface area contributed by atoms with Crippen molar-refractivity contribution in [2.75, 3.05) is 46.4 Å². The van der Waals surface area contributed by atoms with Crippen LogP contribution in [-0.4, -0.2) is 81.7 Å². The maximum atomic E-state index is 12.9. The Morgan fingerprint density at radius 1 is 1.14 bits per heavy atom. The molecule has 3 aromatic rings. The van der Waals surface area contributed by atoms with Gasteiger partial charge in [-0.2, -0.15) is 0 Å². The predicted octanol–water partition coefficient (Wildman–Crippen LogP) is 1.67.